The van der Waals surface area contributed by atoms with Gasteiger partial charge in [0.15, 0.2) is 0 Å². The first-order valence-electron chi connectivity index (χ1n) is 10.4. The van der Waals surface area contributed by atoms with Crippen LogP contribution in [0.2, 0.25) is 0 Å². The molecule has 1 saturated heterocycles. The van der Waals surface area contributed by atoms with E-state index in [9.17, 15) is 9.59 Å². The van der Waals surface area contributed by atoms with Crippen molar-refractivity contribution in [1.29, 1.82) is 0 Å². The number of anilines is 1. The second kappa shape index (κ2) is 9.26. The first kappa shape index (κ1) is 21.0. The number of furan rings is 1. The molecular formula is C23H26N2O6. The summed E-state index contributed by atoms with van der Waals surface area (Å²) in [7, 11) is 0. The molecule has 8 nitrogen and oxygen atoms in total. The van der Waals surface area contributed by atoms with Gasteiger partial charge in [0.2, 0.25) is 11.8 Å². The highest BCUT2D eigenvalue weighted by Crippen LogP contribution is 2.40. The normalized spacial score (nSPS) is 23.5. The SMILES string of the molecule is CCOc1ccc(OCC)c(NC(=O)[C@H]2[C@@H](C(=O)NCc3ccco3)[C@H]3C=C[C@H]2O3)c1. The number of hydrogen-bond donors (Lipinski definition) is 2. The highest BCUT2D eigenvalue weighted by molar-refractivity contribution is 5.98. The Morgan fingerprint density at radius 1 is 1.00 bits per heavy atom. The van der Waals surface area contributed by atoms with E-state index in [4.69, 9.17) is 18.6 Å². The topological polar surface area (TPSA) is 99.0 Å². The van der Waals surface area contributed by atoms with Crippen molar-refractivity contribution in [2.75, 3.05) is 18.5 Å². The third kappa shape index (κ3) is 4.44. The fourth-order valence-electron chi connectivity index (χ4n) is 4.00. The summed E-state index contributed by atoms with van der Waals surface area (Å²) in [4.78, 5) is 26.2. The summed E-state index contributed by atoms with van der Waals surface area (Å²) >= 11 is 0. The maximum absolute atomic E-state index is 13.3. The highest BCUT2D eigenvalue weighted by atomic mass is 16.5. The van der Waals surface area contributed by atoms with Gasteiger partial charge in [0.05, 0.1) is 55.8 Å². The Bertz CT molecular complexity index is 955. The first-order valence-corrected chi connectivity index (χ1v) is 10.4. The summed E-state index contributed by atoms with van der Waals surface area (Å²) < 4.78 is 22.3. The average Bonchev–Trinajstić information content (AvgIpc) is 3.51. The fourth-order valence-corrected chi connectivity index (χ4v) is 4.00. The second-order valence-corrected chi connectivity index (χ2v) is 7.31. The standard InChI is InChI=1S/C23H26N2O6/c1-3-28-14-7-8-17(29-4-2)16(12-14)25-23(27)21-19-10-9-18(31-19)20(21)22(26)24-13-15-6-5-11-30-15/h5-12,18-21H,3-4,13H2,1-2H3,(H,24,26)(H,25,27)/t18-,19-,20+,21-/m1/s1. The van der Waals surface area contributed by atoms with E-state index in [0.29, 0.717) is 36.2 Å². The molecule has 0 aliphatic carbocycles. The van der Waals surface area contributed by atoms with Crippen molar-refractivity contribution < 1.29 is 28.2 Å². The largest absolute Gasteiger partial charge is 0.494 e. The van der Waals surface area contributed by atoms with E-state index in [2.05, 4.69) is 10.6 Å². The third-order valence-corrected chi connectivity index (χ3v) is 5.34. The Balaban J connectivity index is 1.50. The summed E-state index contributed by atoms with van der Waals surface area (Å²) in [6.45, 7) is 4.97. The zero-order valence-corrected chi connectivity index (χ0v) is 17.5. The van der Waals surface area contributed by atoms with Gasteiger partial charge >= 0.3 is 0 Å². The molecule has 0 unspecified atom stereocenters. The molecule has 164 valence electrons. The van der Waals surface area contributed by atoms with Crippen LogP contribution in [0.1, 0.15) is 19.6 Å². The van der Waals surface area contributed by atoms with Crippen molar-refractivity contribution in [1.82, 2.24) is 5.32 Å². The molecule has 1 aromatic carbocycles. The smallest absolute Gasteiger partial charge is 0.231 e. The van der Waals surface area contributed by atoms with E-state index in [1.165, 1.54) is 0 Å². The Kier molecular flexibility index (Phi) is 6.27. The van der Waals surface area contributed by atoms with Crippen LogP contribution in [0.3, 0.4) is 0 Å². The lowest BCUT2D eigenvalue weighted by atomic mass is 9.81. The van der Waals surface area contributed by atoms with Crippen molar-refractivity contribution >= 4 is 17.5 Å². The minimum Gasteiger partial charge on any atom is -0.494 e. The van der Waals surface area contributed by atoms with Gasteiger partial charge in [0, 0.05) is 6.07 Å². The quantitative estimate of drug-likeness (QED) is 0.598. The minimum atomic E-state index is -0.656. The van der Waals surface area contributed by atoms with E-state index >= 15 is 0 Å². The van der Waals surface area contributed by atoms with E-state index in [0.717, 1.165) is 0 Å². The van der Waals surface area contributed by atoms with Gasteiger partial charge in [-0.05, 0) is 38.1 Å². The van der Waals surface area contributed by atoms with E-state index < -0.39 is 24.0 Å². The summed E-state index contributed by atoms with van der Waals surface area (Å²) in [6, 6.07) is 8.81. The fraction of sp³-hybridized carbons (Fsp3) is 0.391. The number of amides is 2. The lowest BCUT2D eigenvalue weighted by Crippen LogP contribution is -2.44. The van der Waals surface area contributed by atoms with Crippen molar-refractivity contribution in [2.24, 2.45) is 11.8 Å². The molecule has 1 aromatic heterocycles. The first-order chi connectivity index (χ1) is 15.1. The Labute approximate surface area is 180 Å². The molecule has 0 spiro atoms. The third-order valence-electron chi connectivity index (χ3n) is 5.34. The van der Waals surface area contributed by atoms with Crippen LogP contribution in [0.15, 0.2) is 53.2 Å². The molecule has 2 bridgehead atoms. The van der Waals surface area contributed by atoms with Crippen LogP contribution >= 0.6 is 0 Å². The second-order valence-electron chi connectivity index (χ2n) is 7.31. The molecule has 8 heteroatoms. The molecule has 2 aliphatic heterocycles. The Morgan fingerprint density at radius 3 is 2.42 bits per heavy atom. The van der Waals surface area contributed by atoms with Crippen LogP contribution < -0.4 is 20.1 Å². The monoisotopic (exact) mass is 426 g/mol. The van der Waals surface area contributed by atoms with Crippen LogP contribution in [0.4, 0.5) is 5.69 Å². The lowest BCUT2D eigenvalue weighted by molar-refractivity contribution is -0.131. The minimum absolute atomic E-state index is 0.249. The number of benzene rings is 1. The zero-order chi connectivity index (χ0) is 21.8. The summed E-state index contributed by atoms with van der Waals surface area (Å²) in [5, 5.41) is 5.77. The van der Waals surface area contributed by atoms with E-state index in [1.54, 1.807) is 36.6 Å². The molecule has 3 heterocycles. The van der Waals surface area contributed by atoms with Gasteiger partial charge in [-0.25, -0.2) is 0 Å². The van der Waals surface area contributed by atoms with Crippen molar-refractivity contribution in [3.8, 4) is 11.5 Å². The Morgan fingerprint density at radius 2 is 1.74 bits per heavy atom. The predicted molar refractivity (Wildman–Crippen MR) is 113 cm³/mol. The van der Waals surface area contributed by atoms with Crippen LogP contribution in [-0.2, 0) is 20.9 Å². The zero-order valence-electron chi connectivity index (χ0n) is 17.5. The van der Waals surface area contributed by atoms with E-state index in [1.807, 2.05) is 26.0 Å². The van der Waals surface area contributed by atoms with Gasteiger partial charge in [0.25, 0.3) is 0 Å². The lowest BCUT2D eigenvalue weighted by Gasteiger charge is -2.24. The number of rotatable bonds is 9. The van der Waals surface area contributed by atoms with E-state index in [-0.39, 0.29) is 18.4 Å². The number of hydrogen-bond acceptors (Lipinski definition) is 6. The molecule has 0 saturated carbocycles. The molecule has 1 fully saturated rings. The van der Waals surface area contributed by atoms with Gasteiger partial charge in [-0.15, -0.1) is 0 Å². The van der Waals surface area contributed by atoms with Crippen LogP contribution in [0.5, 0.6) is 11.5 Å². The number of fused-ring (bicyclic) bond motifs is 2. The average molecular weight is 426 g/mol. The number of ether oxygens (including phenoxy) is 3. The van der Waals surface area contributed by atoms with Gasteiger partial charge in [-0.2, -0.15) is 0 Å². The molecule has 0 radical (unpaired) electrons. The highest BCUT2D eigenvalue weighted by Gasteiger charge is 2.53. The molecular weight excluding hydrogens is 400 g/mol. The summed E-state index contributed by atoms with van der Waals surface area (Å²) in [5.74, 6) is -0.0302. The number of carbonyl (C=O) groups is 2. The van der Waals surface area contributed by atoms with Gasteiger partial charge in [0.1, 0.15) is 17.3 Å². The molecule has 4 atom stereocenters. The van der Waals surface area contributed by atoms with Crippen LogP contribution in [0, 0.1) is 11.8 Å². The predicted octanol–water partition coefficient (Wildman–Crippen LogP) is 2.90. The molecule has 31 heavy (non-hydrogen) atoms. The van der Waals surface area contributed by atoms with Crippen molar-refractivity contribution in [2.45, 2.75) is 32.6 Å². The molecule has 2 N–H and O–H groups in total. The number of nitrogens with one attached hydrogen (secondary N) is 2. The maximum Gasteiger partial charge on any atom is 0.231 e. The maximum atomic E-state index is 13.3. The van der Waals surface area contributed by atoms with Gasteiger partial charge in [-0.1, -0.05) is 12.2 Å². The van der Waals surface area contributed by atoms with Crippen LogP contribution in [-0.4, -0.2) is 37.2 Å². The van der Waals surface area contributed by atoms with Crippen molar-refractivity contribution in [3.63, 3.8) is 0 Å². The molecule has 2 aromatic rings. The van der Waals surface area contributed by atoms with Gasteiger partial charge < -0.3 is 29.3 Å². The number of carbonyl (C=O) groups excluding carboxylic acids is 2. The molecule has 2 amide bonds. The molecule has 4 rings (SSSR count). The van der Waals surface area contributed by atoms with Crippen LogP contribution in [0.25, 0.3) is 0 Å². The summed E-state index contributed by atoms with van der Waals surface area (Å²) in [6.07, 6.45) is 4.35. The molecule has 2 aliphatic rings. The van der Waals surface area contributed by atoms with Gasteiger partial charge in [-0.3, -0.25) is 9.59 Å². The Hall–Kier alpha value is -3.26. The van der Waals surface area contributed by atoms with Crippen molar-refractivity contribution in [3.05, 3.63) is 54.5 Å². The summed E-state index contributed by atoms with van der Waals surface area (Å²) in [5.41, 5.74) is 0.499.